The van der Waals surface area contributed by atoms with Crippen molar-refractivity contribution < 1.29 is 22.7 Å². The van der Waals surface area contributed by atoms with Gasteiger partial charge < -0.3 is 20.7 Å². The Bertz CT molecular complexity index is 1300. The summed E-state index contributed by atoms with van der Waals surface area (Å²) in [6.45, 7) is 2.00. The smallest absolute Gasteiger partial charge is 0.416 e. The third-order valence-corrected chi connectivity index (χ3v) is 5.68. The number of urea groups is 1. The fourth-order valence-electron chi connectivity index (χ4n) is 3.11. The van der Waals surface area contributed by atoms with E-state index in [4.69, 9.17) is 4.74 Å². The summed E-state index contributed by atoms with van der Waals surface area (Å²) in [4.78, 5) is 21.7. The van der Waals surface area contributed by atoms with Crippen LogP contribution in [-0.4, -0.2) is 16.0 Å². The van der Waals surface area contributed by atoms with Crippen molar-refractivity contribution >= 4 is 34.6 Å². The molecular weight excluding hydrogens is 479 g/mol. The van der Waals surface area contributed by atoms with Gasteiger partial charge in [-0.3, -0.25) is 0 Å². The molecule has 0 atom stereocenters. The molecule has 4 aromatic rings. The molecule has 0 spiro atoms. The number of benzene rings is 2. The number of anilines is 3. The van der Waals surface area contributed by atoms with Gasteiger partial charge in [0.1, 0.15) is 17.9 Å². The molecule has 2 heterocycles. The van der Waals surface area contributed by atoms with Crippen LogP contribution in [0.15, 0.2) is 72.4 Å². The number of alkyl halides is 3. The van der Waals surface area contributed by atoms with Crippen LogP contribution in [0.1, 0.15) is 16.0 Å². The van der Waals surface area contributed by atoms with Gasteiger partial charge in [0.2, 0.25) is 5.88 Å². The van der Waals surface area contributed by atoms with Crippen LogP contribution in [0, 0.1) is 6.92 Å². The molecular formula is C24H20F3N5O2S. The fourth-order valence-corrected chi connectivity index (χ4v) is 3.75. The average Bonchev–Trinajstić information content (AvgIpc) is 3.34. The molecule has 4 rings (SSSR count). The lowest BCUT2D eigenvalue weighted by Crippen LogP contribution is -2.20. The molecule has 0 saturated carbocycles. The highest BCUT2D eigenvalue weighted by atomic mass is 32.1. The Morgan fingerprint density at radius 2 is 1.74 bits per heavy atom. The Balaban J connectivity index is 1.33. The minimum Gasteiger partial charge on any atom is -0.439 e. The monoisotopic (exact) mass is 499 g/mol. The maximum Gasteiger partial charge on any atom is 0.416 e. The van der Waals surface area contributed by atoms with Gasteiger partial charge in [-0.25, -0.2) is 14.8 Å². The van der Waals surface area contributed by atoms with E-state index in [0.29, 0.717) is 29.7 Å². The lowest BCUT2D eigenvalue weighted by atomic mass is 10.1. The summed E-state index contributed by atoms with van der Waals surface area (Å²) in [6, 6.07) is 15.1. The topological polar surface area (TPSA) is 88.2 Å². The highest BCUT2D eigenvalue weighted by molar-refractivity contribution is 7.09. The van der Waals surface area contributed by atoms with E-state index >= 15 is 0 Å². The van der Waals surface area contributed by atoms with Crippen LogP contribution in [0.3, 0.4) is 0 Å². The summed E-state index contributed by atoms with van der Waals surface area (Å²) in [5, 5.41) is 10.2. The Labute approximate surface area is 203 Å². The van der Waals surface area contributed by atoms with Crippen molar-refractivity contribution in [2.45, 2.75) is 19.6 Å². The van der Waals surface area contributed by atoms with E-state index in [1.165, 1.54) is 30.3 Å². The number of aryl methyl sites for hydroxylation is 1. The van der Waals surface area contributed by atoms with Gasteiger partial charge in [0.25, 0.3) is 0 Å². The van der Waals surface area contributed by atoms with Crippen LogP contribution in [0.5, 0.6) is 11.6 Å². The summed E-state index contributed by atoms with van der Waals surface area (Å²) in [5.74, 6) is 1.43. The van der Waals surface area contributed by atoms with E-state index in [0.717, 1.165) is 6.07 Å². The summed E-state index contributed by atoms with van der Waals surface area (Å²) < 4.78 is 45.0. The van der Waals surface area contributed by atoms with Crippen molar-refractivity contribution in [2.75, 3.05) is 16.0 Å². The Morgan fingerprint density at radius 1 is 1.00 bits per heavy atom. The molecule has 0 aliphatic rings. The van der Waals surface area contributed by atoms with Gasteiger partial charge in [-0.15, -0.1) is 11.3 Å². The van der Waals surface area contributed by atoms with Crippen molar-refractivity contribution in [2.24, 2.45) is 0 Å². The summed E-state index contributed by atoms with van der Waals surface area (Å²) in [7, 11) is 0. The molecule has 0 radical (unpaired) electrons. The maximum absolute atomic E-state index is 13.1. The molecule has 0 bridgehead atoms. The molecule has 0 fully saturated rings. The SMILES string of the molecule is Cc1ccc(NC(=O)Nc2ccc(Oc3cc(NCc4cccs4)ncn3)cc2)cc1C(F)(F)F. The molecule has 7 nitrogen and oxygen atoms in total. The zero-order chi connectivity index (χ0) is 24.8. The predicted octanol–water partition coefficient (Wildman–Crippen LogP) is 6.91. The first-order valence-corrected chi connectivity index (χ1v) is 11.3. The minimum absolute atomic E-state index is 0.0348. The number of nitrogens with one attached hydrogen (secondary N) is 3. The number of amides is 2. The predicted molar refractivity (Wildman–Crippen MR) is 129 cm³/mol. The summed E-state index contributed by atoms with van der Waals surface area (Å²) >= 11 is 1.64. The number of hydrogen-bond acceptors (Lipinski definition) is 6. The molecule has 3 N–H and O–H groups in total. The quantitative estimate of drug-likeness (QED) is 0.257. The molecule has 11 heteroatoms. The van der Waals surface area contributed by atoms with Gasteiger partial charge in [-0.05, 0) is 60.3 Å². The molecule has 35 heavy (non-hydrogen) atoms. The number of carbonyl (C=O) groups excluding carboxylic acids is 1. The molecule has 2 amide bonds. The molecule has 0 saturated heterocycles. The molecule has 2 aromatic heterocycles. The second-order valence-corrected chi connectivity index (χ2v) is 8.44. The molecule has 180 valence electrons. The van der Waals surface area contributed by atoms with Gasteiger partial charge in [0.05, 0.1) is 12.1 Å². The third kappa shape index (κ3) is 6.70. The normalized spacial score (nSPS) is 11.1. The third-order valence-electron chi connectivity index (χ3n) is 4.80. The van der Waals surface area contributed by atoms with Crippen molar-refractivity contribution in [1.82, 2.24) is 9.97 Å². The highest BCUT2D eigenvalue weighted by Gasteiger charge is 2.32. The highest BCUT2D eigenvalue weighted by Crippen LogP contribution is 2.33. The molecule has 0 aliphatic heterocycles. The van der Waals surface area contributed by atoms with Crippen LogP contribution >= 0.6 is 11.3 Å². The molecule has 2 aromatic carbocycles. The number of halogens is 3. The molecule has 0 unspecified atom stereocenters. The van der Waals surface area contributed by atoms with E-state index in [-0.39, 0.29) is 11.3 Å². The number of hydrogen-bond donors (Lipinski definition) is 3. The van der Waals surface area contributed by atoms with Crippen molar-refractivity contribution in [3.63, 3.8) is 0 Å². The zero-order valence-corrected chi connectivity index (χ0v) is 19.2. The molecule has 0 aliphatic carbocycles. The van der Waals surface area contributed by atoms with Gasteiger partial charge in [-0.1, -0.05) is 12.1 Å². The summed E-state index contributed by atoms with van der Waals surface area (Å²) in [5.41, 5.74) is -0.258. The van der Waals surface area contributed by atoms with Gasteiger partial charge in [-0.2, -0.15) is 13.2 Å². The second-order valence-electron chi connectivity index (χ2n) is 7.41. The standard InChI is InChI=1S/C24H20F3N5O2S/c1-15-4-5-17(11-20(15)24(25,26)27)32-23(33)31-16-6-8-18(9-7-16)34-22-12-21(29-14-30-22)28-13-19-3-2-10-35-19/h2-12,14H,13H2,1H3,(H,28,29,30)(H2,31,32,33). The minimum atomic E-state index is -4.50. The van der Waals surface area contributed by atoms with E-state index < -0.39 is 17.8 Å². The fraction of sp³-hybridized carbons (Fsp3) is 0.125. The van der Waals surface area contributed by atoms with Crippen LogP contribution in [-0.2, 0) is 12.7 Å². The van der Waals surface area contributed by atoms with E-state index in [1.807, 2.05) is 17.5 Å². The number of aromatic nitrogens is 2. The van der Waals surface area contributed by atoms with Crippen molar-refractivity contribution in [3.8, 4) is 11.6 Å². The number of nitrogens with zero attached hydrogens (tertiary/aromatic N) is 2. The second kappa shape index (κ2) is 10.4. The number of thiophene rings is 1. The van der Waals surface area contributed by atoms with Gasteiger partial charge >= 0.3 is 12.2 Å². The first-order valence-electron chi connectivity index (χ1n) is 10.4. The maximum atomic E-state index is 13.1. The lowest BCUT2D eigenvalue weighted by molar-refractivity contribution is -0.138. The van der Waals surface area contributed by atoms with Crippen molar-refractivity contribution in [3.05, 3.63) is 88.4 Å². The number of carbonyl (C=O) groups is 1. The van der Waals surface area contributed by atoms with Crippen LogP contribution in [0.4, 0.5) is 35.2 Å². The summed E-state index contributed by atoms with van der Waals surface area (Å²) in [6.07, 6.45) is -3.11. The first kappa shape index (κ1) is 24.0. The Kier molecular flexibility index (Phi) is 7.16. The Hall–Kier alpha value is -4.12. The van der Waals surface area contributed by atoms with Crippen LogP contribution in [0.2, 0.25) is 0 Å². The van der Waals surface area contributed by atoms with Crippen LogP contribution < -0.4 is 20.7 Å². The first-order chi connectivity index (χ1) is 16.8. The van der Waals surface area contributed by atoms with Crippen LogP contribution in [0.25, 0.3) is 0 Å². The largest absolute Gasteiger partial charge is 0.439 e. The van der Waals surface area contributed by atoms with Gasteiger partial charge in [0.15, 0.2) is 0 Å². The number of ether oxygens (including phenoxy) is 1. The zero-order valence-electron chi connectivity index (χ0n) is 18.4. The van der Waals surface area contributed by atoms with E-state index in [2.05, 4.69) is 25.9 Å². The van der Waals surface area contributed by atoms with Crippen molar-refractivity contribution in [1.29, 1.82) is 0 Å². The van der Waals surface area contributed by atoms with Gasteiger partial charge in [0, 0.05) is 22.3 Å². The number of rotatable bonds is 7. The van der Waals surface area contributed by atoms with E-state index in [1.54, 1.807) is 41.7 Å². The average molecular weight is 500 g/mol. The lowest BCUT2D eigenvalue weighted by Gasteiger charge is -2.13. The Morgan fingerprint density at radius 3 is 2.46 bits per heavy atom. The van der Waals surface area contributed by atoms with E-state index in [9.17, 15) is 18.0 Å².